The molecule has 1 fully saturated rings. The fourth-order valence-electron chi connectivity index (χ4n) is 4.79. The number of aromatic nitrogens is 5. The summed E-state index contributed by atoms with van der Waals surface area (Å²) in [4.78, 5) is 18.7. The average Bonchev–Trinajstić information content (AvgIpc) is 3.47. The summed E-state index contributed by atoms with van der Waals surface area (Å²) in [7, 11) is 3.50. The molecular formula is C28H34N6O4. The molecule has 4 aromatic rings. The molecule has 1 aliphatic carbocycles. The van der Waals surface area contributed by atoms with Crippen LogP contribution in [0.1, 0.15) is 46.1 Å². The number of amides is 1. The van der Waals surface area contributed by atoms with Gasteiger partial charge in [-0.3, -0.25) is 14.3 Å². The Balaban J connectivity index is 1.47. The molecule has 0 spiro atoms. The van der Waals surface area contributed by atoms with Crippen molar-refractivity contribution in [3.05, 3.63) is 55.0 Å². The van der Waals surface area contributed by atoms with Crippen LogP contribution >= 0.6 is 0 Å². The van der Waals surface area contributed by atoms with Gasteiger partial charge in [0.25, 0.3) is 0 Å². The molecule has 3 aromatic heterocycles. The van der Waals surface area contributed by atoms with E-state index in [1.54, 1.807) is 24.1 Å². The number of ether oxygens (including phenoxy) is 2. The molecule has 38 heavy (non-hydrogen) atoms. The molecule has 0 saturated heterocycles. The van der Waals surface area contributed by atoms with Gasteiger partial charge in [-0.25, -0.2) is 9.78 Å². The molecule has 1 saturated carbocycles. The molecule has 0 radical (unpaired) electrons. The molecule has 1 N–H and O–H groups in total. The summed E-state index contributed by atoms with van der Waals surface area (Å²) in [5, 5.41) is 21.2. The first kappa shape index (κ1) is 25.7. The highest BCUT2D eigenvalue weighted by molar-refractivity contribution is 5.95. The molecule has 1 aliphatic rings. The number of carbonyl (C=O) groups is 1. The van der Waals surface area contributed by atoms with Crippen molar-refractivity contribution in [2.24, 2.45) is 7.05 Å². The molecule has 10 nitrogen and oxygen atoms in total. The van der Waals surface area contributed by atoms with E-state index in [1.807, 2.05) is 75.1 Å². The van der Waals surface area contributed by atoms with E-state index in [0.717, 1.165) is 34.3 Å². The lowest BCUT2D eigenvalue weighted by atomic mass is 9.90. The molecule has 3 heterocycles. The van der Waals surface area contributed by atoms with E-state index < -0.39 is 17.8 Å². The number of fused-ring (bicyclic) bond motifs is 1. The normalized spacial score (nSPS) is 19.9. The van der Waals surface area contributed by atoms with Crippen molar-refractivity contribution >= 4 is 22.8 Å². The van der Waals surface area contributed by atoms with Gasteiger partial charge in [-0.05, 0) is 52.2 Å². The van der Waals surface area contributed by atoms with Crippen molar-refractivity contribution in [2.45, 2.75) is 63.9 Å². The van der Waals surface area contributed by atoms with Crippen LogP contribution in [0.3, 0.4) is 0 Å². The third kappa shape index (κ3) is 5.35. The zero-order chi connectivity index (χ0) is 27.0. The number of anilines is 1. The zero-order valence-corrected chi connectivity index (χ0v) is 22.4. The predicted octanol–water partition coefficient (Wildman–Crippen LogP) is 4.74. The van der Waals surface area contributed by atoms with Crippen LogP contribution < -0.4 is 9.64 Å². The maximum atomic E-state index is 12.7. The number of aliphatic hydroxyl groups is 1. The van der Waals surface area contributed by atoms with E-state index in [2.05, 4.69) is 10.1 Å². The van der Waals surface area contributed by atoms with E-state index >= 15 is 0 Å². The van der Waals surface area contributed by atoms with Crippen molar-refractivity contribution in [2.75, 3.05) is 11.9 Å². The smallest absolute Gasteiger partial charge is 0.415 e. The molecule has 0 aliphatic heterocycles. The monoisotopic (exact) mass is 518 g/mol. The van der Waals surface area contributed by atoms with Crippen LogP contribution in [0, 0.1) is 0 Å². The standard InChI is InChI=1S/C28H34N6O4/c1-28(2,3)38-27(36)33(5)25-14-22-21(16-29-25)26(18-15-30-32(4)17-18)31-34(22)19-11-12-24(23(35)13-19)37-20-9-7-6-8-10-20/h6-10,14-17,19,23-24,35H,11-13H2,1-5H3/t19-,23+,24+/m1/s1. The van der Waals surface area contributed by atoms with E-state index in [-0.39, 0.29) is 12.1 Å². The molecule has 1 amide bonds. The molecule has 5 rings (SSSR count). The quantitative estimate of drug-likeness (QED) is 0.407. The van der Waals surface area contributed by atoms with E-state index in [1.165, 1.54) is 4.90 Å². The molecule has 1 aromatic carbocycles. The maximum Gasteiger partial charge on any atom is 0.415 e. The largest absolute Gasteiger partial charge is 0.488 e. The number of hydrogen-bond acceptors (Lipinski definition) is 7. The number of para-hydroxylation sites is 1. The molecule has 10 heteroatoms. The van der Waals surface area contributed by atoms with Crippen molar-refractivity contribution in [1.82, 2.24) is 24.5 Å². The van der Waals surface area contributed by atoms with E-state index in [4.69, 9.17) is 14.6 Å². The van der Waals surface area contributed by atoms with Crippen LogP contribution in [0.5, 0.6) is 5.75 Å². The lowest BCUT2D eigenvalue weighted by Gasteiger charge is -2.33. The number of aliphatic hydroxyl groups excluding tert-OH is 1. The van der Waals surface area contributed by atoms with E-state index in [0.29, 0.717) is 18.7 Å². The van der Waals surface area contributed by atoms with Crippen LogP contribution in [0.25, 0.3) is 22.2 Å². The number of carbonyl (C=O) groups excluding carboxylic acids is 1. The van der Waals surface area contributed by atoms with Gasteiger partial charge in [0.05, 0.1) is 23.9 Å². The summed E-state index contributed by atoms with van der Waals surface area (Å²) in [6.45, 7) is 5.48. The van der Waals surface area contributed by atoms with Gasteiger partial charge in [0.2, 0.25) is 0 Å². The van der Waals surface area contributed by atoms with Crippen LogP contribution in [-0.2, 0) is 11.8 Å². The maximum absolute atomic E-state index is 12.7. The summed E-state index contributed by atoms with van der Waals surface area (Å²) in [6, 6.07) is 11.4. The number of aryl methyl sites for hydroxylation is 1. The second kappa shape index (κ2) is 10.1. The fourth-order valence-corrected chi connectivity index (χ4v) is 4.79. The second-order valence-electron chi connectivity index (χ2n) is 10.8. The first-order chi connectivity index (χ1) is 18.1. The highest BCUT2D eigenvalue weighted by Crippen LogP contribution is 2.37. The van der Waals surface area contributed by atoms with E-state index in [9.17, 15) is 9.90 Å². The molecule has 200 valence electrons. The minimum absolute atomic E-state index is 0.0596. The van der Waals surface area contributed by atoms with Gasteiger partial charge in [-0.15, -0.1) is 0 Å². The first-order valence-corrected chi connectivity index (χ1v) is 12.8. The van der Waals surface area contributed by atoms with Gasteiger partial charge in [0.1, 0.15) is 29.0 Å². The summed E-state index contributed by atoms with van der Waals surface area (Å²) in [6.07, 6.45) is 5.93. The summed E-state index contributed by atoms with van der Waals surface area (Å²) in [5.74, 6) is 1.20. The van der Waals surface area contributed by atoms with Gasteiger partial charge in [0, 0.05) is 43.5 Å². The number of rotatable bonds is 5. The Labute approximate surface area is 221 Å². The first-order valence-electron chi connectivity index (χ1n) is 12.8. The van der Waals surface area contributed by atoms with Crippen molar-refractivity contribution in [3.63, 3.8) is 0 Å². The molecule has 0 unspecified atom stereocenters. The minimum Gasteiger partial charge on any atom is -0.488 e. The second-order valence-corrected chi connectivity index (χ2v) is 10.8. The number of hydrogen-bond donors (Lipinski definition) is 1. The topological polar surface area (TPSA) is 108 Å². The molecule has 3 atom stereocenters. The van der Waals surface area contributed by atoms with Gasteiger partial charge < -0.3 is 14.6 Å². The van der Waals surface area contributed by atoms with Crippen molar-refractivity contribution < 1.29 is 19.4 Å². The highest BCUT2D eigenvalue weighted by Gasteiger charge is 2.33. The summed E-state index contributed by atoms with van der Waals surface area (Å²) >= 11 is 0. The predicted molar refractivity (Wildman–Crippen MR) is 144 cm³/mol. The Hall–Kier alpha value is -3.92. The van der Waals surface area contributed by atoms with Crippen molar-refractivity contribution in [1.29, 1.82) is 0 Å². The van der Waals surface area contributed by atoms with Gasteiger partial charge >= 0.3 is 6.09 Å². The highest BCUT2D eigenvalue weighted by atomic mass is 16.6. The van der Waals surface area contributed by atoms with Crippen LogP contribution in [0.2, 0.25) is 0 Å². The average molecular weight is 519 g/mol. The number of pyridine rings is 1. The summed E-state index contributed by atoms with van der Waals surface area (Å²) in [5.41, 5.74) is 1.82. The van der Waals surface area contributed by atoms with Crippen LogP contribution in [-0.4, -0.2) is 60.6 Å². The van der Waals surface area contributed by atoms with Gasteiger partial charge in [-0.1, -0.05) is 18.2 Å². The third-order valence-electron chi connectivity index (χ3n) is 6.67. The van der Waals surface area contributed by atoms with Gasteiger partial charge in [-0.2, -0.15) is 10.2 Å². The SMILES string of the molecule is CN(C(=O)OC(C)(C)C)c1cc2c(cn1)c(-c1cnn(C)c1)nn2[C@@H]1CC[C@H](Oc2ccccc2)[C@@H](O)C1. The van der Waals surface area contributed by atoms with Crippen LogP contribution in [0.4, 0.5) is 10.6 Å². The third-order valence-corrected chi connectivity index (χ3v) is 6.67. The lowest BCUT2D eigenvalue weighted by Crippen LogP contribution is -2.38. The van der Waals surface area contributed by atoms with Crippen molar-refractivity contribution in [3.8, 4) is 17.0 Å². The zero-order valence-electron chi connectivity index (χ0n) is 22.4. The summed E-state index contributed by atoms with van der Waals surface area (Å²) < 4.78 is 15.3. The van der Waals surface area contributed by atoms with Crippen LogP contribution in [0.15, 0.2) is 55.0 Å². The molecule has 0 bridgehead atoms. The van der Waals surface area contributed by atoms with Gasteiger partial charge in [0.15, 0.2) is 0 Å². The molecular weight excluding hydrogens is 484 g/mol. The fraction of sp³-hybridized carbons (Fsp3) is 0.429. The number of benzene rings is 1. The Morgan fingerprint density at radius 3 is 2.58 bits per heavy atom. The Morgan fingerprint density at radius 2 is 1.92 bits per heavy atom. The Bertz CT molecular complexity index is 1420. The Kier molecular flexibility index (Phi) is 6.83. The Morgan fingerprint density at radius 1 is 1.16 bits per heavy atom. The lowest BCUT2D eigenvalue weighted by molar-refractivity contribution is -0.00946. The minimum atomic E-state index is -0.652. The number of nitrogens with zero attached hydrogens (tertiary/aromatic N) is 6.